The Bertz CT molecular complexity index is 749. The molecule has 126 valence electrons. The molecular weight excluding hydrogens is 324 g/mol. The summed E-state index contributed by atoms with van der Waals surface area (Å²) in [6.07, 6.45) is 0. The molecule has 23 heavy (non-hydrogen) atoms. The van der Waals surface area contributed by atoms with E-state index < -0.39 is 27.5 Å². The number of benzene rings is 1. The number of carbonyl (C=O) groups is 2. The Morgan fingerprint density at radius 3 is 2.57 bits per heavy atom. The molecule has 0 radical (unpaired) electrons. The molecule has 0 saturated carbocycles. The Morgan fingerprint density at radius 1 is 1.35 bits per heavy atom. The van der Waals surface area contributed by atoms with E-state index in [9.17, 15) is 18.0 Å². The van der Waals surface area contributed by atoms with Crippen LogP contribution >= 0.6 is 0 Å². The van der Waals surface area contributed by atoms with Crippen molar-refractivity contribution in [2.24, 2.45) is 5.73 Å². The molecule has 1 atom stereocenters. The summed E-state index contributed by atoms with van der Waals surface area (Å²) in [7, 11) is -2.40. The molecule has 0 bridgehead atoms. The number of urea groups is 1. The van der Waals surface area contributed by atoms with Crippen LogP contribution in [0.3, 0.4) is 0 Å². The minimum atomic E-state index is -3.79. The van der Waals surface area contributed by atoms with Gasteiger partial charge in [-0.05, 0) is 25.1 Å². The summed E-state index contributed by atoms with van der Waals surface area (Å²) in [6.45, 7) is 1.70. The van der Waals surface area contributed by atoms with Gasteiger partial charge in [0.15, 0.2) is 0 Å². The van der Waals surface area contributed by atoms with Crippen LogP contribution in [0.1, 0.15) is 12.5 Å². The Hall–Kier alpha value is -2.17. The summed E-state index contributed by atoms with van der Waals surface area (Å²) < 4.78 is 31.9. The molecule has 0 aliphatic carbocycles. The van der Waals surface area contributed by atoms with Crippen molar-refractivity contribution in [2.45, 2.75) is 17.4 Å². The first-order valence-corrected chi connectivity index (χ1v) is 8.25. The van der Waals surface area contributed by atoms with Crippen molar-refractivity contribution < 1.29 is 22.7 Å². The van der Waals surface area contributed by atoms with Gasteiger partial charge in [-0.2, -0.15) is 0 Å². The average Bonchev–Trinajstić information content (AvgIpc) is 2.78. The van der Waals surface area contributed by atoms with E-state index in [0.29, 0.717) is 0 Å². The van der Waals surface area contributed by atoms with Crippen molar-refractivity contribution in [3.63, 3.8) is 0 Å². The third-order valence-corrected chi connectivity index (χ3v) is 4.96. The number of sulfonamides is 1. The second-order valence-electron chi connectivity index (χ2n) is 5.08. The first kappa shape index (κ1) is 17.2. The number of nitrogens with two attached hydrogens (primary N) is 1. The standard InChI is InChI=1S/C13H18N4O5S/c1-13(11(18)16-12(19)17-13)9-7-8(3-4-10(9)22-2)23(20,21)15-6-5-14/h3-4,7,15H,5-6,14H2,1-2H3,(H2,16,17,18,19). The number of ether oxygens (including phenoxy) is 1. The third kappa shape index (κ3) is 3.14. The van der Waals surface area contributed by atoms with Gasteiger partial charge in [-0.1, -0.05) is 0 Å². The normalized spacial score (nSPS) is 21.0. The number of imide groups is 1. The lowest BCUT2D eigenvalue weighted by Gasteiger charge is -2.24. The van der Waals surface area contributed by atoms with E-state index in [2.05, 4.69) is 15.4 Å². The Morgan fingerprint density at radius 2 is 2.04 bits per heavy atom. The number of hydrogen-bond acceptors (Lipinski definition) is 6. The van der Waals surface area contributed by atoms with Gasteiger partial charge in [0.2, 0.25) is 10.0 Å². The molecule has 1 unspecified atom stereocenters. The van der Waals surface area contributed by atoms with Gasteiger partial charge in [0.1, 0.15) is 11.3 Å². The predicted molar refractivity (Wildman–Crippen MR) is 81.3 cm³/mol. The molecule has 5 N–H and O–H groups in total. The lowest BCUT2D eigenvalue weighted by atomic mass is 9.91. The van der Waals surface area contributed by atoms with Crippen molar-refractivity contribution in [1.82, 2.24) is 15.4 Å². The maximum Gasteiger partial charge on any atom is 0.322 e. The van der Waals surface area contributed by atoms with E-state index in [0.717, 1.165) is 0 Å². The lowest BCUT2D eigenvalue weighted by molar-refractivity contribution is -0.123. The maximum atomic E-state index is 12.2. The molecule has 0 spiro atoms. The van der Waals surface area contributed by atoms with E-state index in [1.165, 1.54) is 32.2 Å². The number of nitrogens with one attached hydrogen (secondary N) is 3. The Labute approximate surface area is 133 Å². The summed E-state index contributed by atoms with van der Waals surface area (Å²) in [5.74, 6) is -0.312. The number of methoxy groups -OCH3 is 1. The number of rotatable bonds is 6. The van der Waals surface area contributed by atoms with E-state index in [1.54, 1.807) is 0 Å². The van der Waals surface area contributed by atoms with Gasteiger partial charge >= 0.3 is 6.03 Å². The Kier molecular flexibility index (Phi) is 4.59. The topological polar surface area (TPSA) is 140 Å². The zero-order valence-electron chi connectivity index (χ0n) is 12.7. The molecule has 1 aromatic rings. The summed E-state index contributed by atoms with van der Waals surface area (Å²) in [6, 6.07) is 3.41. The van der Waals surface area contributed by atoms with Crippen LogP contribution in [0.5, 0.6) is 5.75 Å². The molecule has 1 fully saturated rings. The van der Waals surface area contributed by atoms with Gasteiger partial charge in [0.25, 0.3) is 5.91 Å². The van der Waals surface area contributed by atoms with Gasteiger partial charge in [-0.25, -0.2) is 17.9 Å². The molecule has 1 heterocycles. The quantitative estimate of drug-likeness (QED) is 0.488. The summed E-state index contributed by atoms with van der Waals surface area (Å²) in [4.78, 5) is 23.5. The zero-order valence-corrected chi connectivity index (χ0v) is 13.5. The van der Waals surface area contributed by atoms with Crippen LogP contribution in [-0.2, 0) is 20.4 Å². The van der Waals surface area contributed by atoms with Crippen LogP contribution in [0.15, 0.2) is 23.1 Å². The summed E-state index contributed by atoms with van der Waals surface area (Å²) >= 11 is 0. The van der Waals surface area contributed by atoms with Crippen LogP contribution in [0.2, 0.25) is 0 Å². The molecule has 3 amide bonds. The molecule has 0 aromatic heterocycles. The zero-order chi connectivity index (χ0) is 17.3. The van der Waals surface area contributed by atoms with Gasteiger partial charge in [-0.15, -0.1) is 0 Å². The molecule has 1 aliphatic heterocycles. The Balaban J connectivity index is 2.53. The minimum Gasteiger partial charge on any atom is -0.496 e. The number of carbonyl (C=O) groups excluding carboxylic acids is 2. The SMILES string of the molecule is COc1ccc(S(=O)(=O)NCCN)cc1C1(C)NC(=O)NC1=O. The van der Waals surface area contributed by atoms with Crippen molar-refractivity contribution in [2.75, 3.05) is 20.2 Å². The molecule has 1 saturated heterocycles. The molecule has 10 heteroatoms. The van der Waals surface area contributed by atoms with Gasteiger partial charge in [0.05, 0.1) is 12.0 Å². The van der Waals surface area contributed by atoms with Crippen LogP contribution in [0, 0.1) is 0 Å². The van der Waals surface area contributed by atoms with E-state index in [-0.39, 0.29) is 29.3 Å². The van der Waals surface area contributed by atoms with Gasteiger partial charge in [0, 0.05) is 18.7 Å². The number of amides is 3. The molecule has 1 aromatic carbocycles. The van der Waals surface area contributed by atoms with E-state index in [4.69, 9.17) is 10.5 Å². The van der Waals surface area contributed by atoms with Crippen LogP contribution in [-0.4, -0.2) is 40.6 Å². The fraction of sp³-hybridized carbons (Fsp3) is 0.385. The highest BCUT2D eigenvalue weighted by molar-refractivity contribution is 7.89. The van der Waals surface area contributed by atoms with E-state index in [1.807, 2.05) is 0 Å². The second kappa shape index (κ2) is 6.14. The molecule has 1 aliphatic rings. The predicted octanol–water partition coefficient (Wildman–Crippen LogP) is -1.01. The highest BCUT2D eigenvalue weighted by Gasteiger charge is 2.45. The highest BCUT2D eigenvalue weighted by Crippen LogP contribution is 2.34. The fourth-order valence-electron chi connectivity index (χ4n) is 2.25. The van der Waals surface area contributed by atoms with Crippen LogP contribution in [0.4, 0.5) is 4.79 Å². The first-order chi connectivity index (χ1) is 10.7. The first-order valence-electron chi connectivity index (χ1n) is 6.76. The van der Waals surface area contributed by atoms with Crippen molar-refractivity contribution in [3.8, 4) is 5.75 Å². The van der Waals surface area contributed by atoms with Crippen LogP contribution in [0.25, 0.3) is 0 Å². The summed E-state index contributed by atoms with van der Waals surface area (Å²) in [5.41, 5.74) is 4.10. The van der Waals surface area contributed by atoms with Crippen molar-refractivity contribution >= 4 is 22.0 Å². The maximum absolute atomic E-state index is 12.2. The largest absolute Gasteiger partial charge is 0.496 e. The monoisotopic (exact) mass is 342 g/mol. The van der Waals surface area contributed by atoms with Gasteiger partial charge in [-0.3, -0.25) is 10.1 Å². The minimum absolute atomic E-state index is 0.0584. The lowest BCUT2D eigenvalue weighted by Crippen LogP contribution is -2.41. The molecule has 9 nitrogen and oxygen atoms in total. The smallest absolute Gasteiger partial charge is 0.322 e. The average molecular weight is 342 g/mol. The van der Waals surface area contributed by atoms with E-state index >= 15 is 0 Å². The fourth-order valence-corrected chi connectivity index (χ4v) is 3.33. The van der Waals surface area contributed by atoms with Gasteiger partial charge < -0.3 is 15.8 Å². The third-order valence-electron chi connectivity index (χ3n) is 3.50. The van der Waals surface area contributed by atoms with Crippen molar-refractivity contribution in [1.29, 1.82) is 0 Å². The summed E-state index contributed by atoms with van der Waals surface area (Å²) in [5, 5.41) is 4.60. The van der Waals surface area contributed by atoms with Crippen LogP contribution < -0.4 is 25.8 Å². The molecular formula is C13H18N4O5S. The number of hydrogen-bond donors (Lipinski definition) is 4. The molecule has 2 rings (SSSR count). The second-order valence-corrected chi connectivity index (χ2v) is 6.85. The van der Waals surface area contributed by atoms with Crippen molar-refractivity contribution in [3.05, 3.63) is 23.8 Å². The highest BCUT2D eigenvalue weighted by atomic mass is 32.2.